The van der Waals surface area contributed by atoms with Gasteiger partial charge in [-0.2, -0.15) is 0 Å². The summed E-state index contributed by atoms with van der Waals surface area (Å²) < 4.78 is 1.93. The van der Waals surface area contributed by atoms with E-state index in [1.807, 2.05) is 35.6 Å². The monoisotopic (exact) mass is 326 g/mol. The molecule has 24 heavy (non-hydrogen) atoms. The highest BCUT2D eigenvalue weighted by Gasteiger charge is 2.29. The molecule has 0 saturated carbocycles. The van der Waals surface area contributed by atoms with Gasteiger partial charge in [0.15, 0.2) is 0 Å². The summed E-state index contributed by atoms with van der Waals surface area (Å²) in [6, 6.07) is 7.33. The molecule has 0 spiro atoms. The number of hydrogen-bond donors (Lipinski definition) is 1. The first-order chi connectivity index (χ1) is 11.6. The van der Waals surface area contributed by atoms with E-state index in [-0.39, 0.29) is 17.9 Å². The Morgan fingerprint density at radius 3 is 2.71 bits per heavy atom. The summed E-state index contributed by atoms with van der Waals surface area (Å²) in [5.41, 5.74) is 2.61. The topological polar surface area (TPSA) is 67.2 Å². The summed E-state index contributed by atoms with van der Waals surface area (Å²) in [4.78, 5) is 30.2. The maximum atomic E-state index is 12.4. The lowest BCUT2D eigenvalue weighted by molar-refractivity contribution is -0.127. The van der Waals surface area contributed by atoms with Crippen molar-refractivity contribution in [2.45, 2.75) is 25.8 Å². The molecule has 2 heterocycles. The molecule has 1 aromatic carbocycles. The number of carbonyl (C=O) groups is 2. The van der Waals surface area contributed by atoms with Gasteiger partial charge in [-0.3, -0.25) is 9.59 Å². The molecule has 1 aliphatic rings. The zero-order valence-corrected chi connectivity index (χ0v) is 14.0. The Bertz CT molecular complexity index is 736. The van der Waals surface area contributed by atoms with Crippen LogP contribution < -0.4 is 5.32 Å². The van der Waals surface area contributed by atoms with Crippen molar-refractivity contribution in [3.8, 4) is 11.3 Å². The number of rotatable bonds is 5. The second-order valence-corrected chi connectivity index (χ2v) is 6.18. The van der Waals surface area contributed by atoms with E-state index >= 15 is 0 Å². The number of hydrogen-bond acceptors (Lipinski definition) is 3. The van der Waals surface area contributed by atoms with Crippen LogP contribution in [0.25, 0.3) is 11.3 Å². The molecule has 126 valence electrons. The van der Waals surface area contributed by atoms with E-state index in [9.17, 15) is 9.59 Å². The number of aromatic nitrogens is 2. The molecule has 6 nitrogen and oxygen atoms in total. The second kappa shape index (κ2) is 6.86. The molecule has 0 radical (unpaired) electrons. The van der Waals surface area contributed by atoms with Crippen molar-refractivity contribution in [2.75, 3.05) is 13.1 Å². The van der Waals surface area contributed by atoms with Crippen molar-refractivity contribution < 1.29 is 9.59 Å². The van der Waals surface area contributed by atoms with E-state index in [0.717, 1.165) is 24.2 Å². The maximum absolute atomic E-state index is 12.4. The van der Waals surface area contributed by atoms with Crippen molar-refractivity contribution in [1.82, 2.24) is 19.8 Å². The van der Waals surface area contributed by atoms with Crippen LogP contribution in [0.2, 0.25) is 0 Å². The summed E-state index contributed by atoms with van der Waals surface area (Å²) in [5.74, 6) is -0.0172. The fraction of sp³-hybridized carbons (Fsp3) is 0.389. The predicted octanol–water partition coefficient (Wildman–Crippen LogP) is 1.83. The van der Waals surface area contributed by atoms with Gasteiger partial charge < -0.3 is 14.8 Å². The molecule has 2 amide bonds. The minimum atomic E-state index is -0.136. The van der Waals surface area contributed by atoms with Crippen molar-refractivity contribution in [1.29, 1.82) is 0 Å². The third-order valence-electron chi connectivity index (χ3n) is 4.30. The average molecular weight is 326 g/mol. The molecule has 1 saturated heterocycles. The Balaban J connectivity index is 1.64. The number of amides is 2. The van der Waals surface area contributed by atoms with Crippen molar-refractivity contribution >= 4 is 11.8 Å². The number of nitrogens with zero attached hydrogens (tertiary/aromatic N) is 3. The molecule has 3 rings (SSSR count). The number of aryl methyl sites for hydroxylation is 1. The van der Waals surface area contributed by atoms with Crippen LogP contribution in [-0.4, -0.2) is 45.4 Å². The number of likely N-dealkylation sites (tertiary alicyclic amines) is 1. The first-order valence-electron chi connectivity index (χ1n) is 8.24. The fourth-order valence-corrected chi connectivity index (χ4v) is 3.05. The van der Waals surface area contributed by atoms with E-state index in [2.05, 4.69) is 10.3 Å². The van der Waals surface area contributed by atoms with E-state index in [4.69, 9.17) is 0 Å². The summed E-state index contributed by atoms with van der Waals surface area (Å²) in [5, 5.41) is 2.96. The van der Waals surface area contributed by atoms with Crippen LogP contribution in [0.4, 0.5) is 0 Å². The van der Waals surface area contributed by atoms with Crippen LogP contribution >= 0.6 is 0 Å². The third-order valence-corrected chi connectivity index (χ3v) is 4.30. The SMILES string of the molecule is CCCN1C[C@H](NC(=O)c2ccc(-c3cncn3C)cc2)CC1=O. The highest BCUT2D eigenvalue weighted by molar-refractivity contribution is 5.95. The van der Waals surface area contributed by atoms with Gasteiger partial charge in [0.05, 0.1) is 24.3 Å². The van der Waals surface area contributed by atoms with Crippen LogP contribution in [0.1, 0.15) is 30.1 Å². The molecular formula is C18H22N4O2. The first-order valence-corrected chi connectivity index (χ1v) is 8.24. The molecule has 1 atom stereocenters. The molecule has 0 unspecified atom stereocenters. The van der Waals surface area contributed by atoms with Crippen molar-refractivity contribution in [3.63, 3.8) is 0 Å². The van der Waals surface area contributed by atoms with E-state index in [1.54, 1.807) is 24.7 Å². The summed E-state index contributed by atoms with van der Waals surface area (Å²) >= 11 is 0. The zero-order valence-electron chi connectivity index (χ0n) is 14.0. The van der Waals surface area contributed by atoms with Gasteiger partial charge in [-0.1, -0.05) is 19.1 Å². The molecule has 1 aliphatic heterocycles. The fourth-order valence-electron chi connectivity index (χ4n) is 3.05. The summed E-state index contributed by atoms with van der Waals surface area (Å²) in [7, 11) is 1.93. The molecule has 6 heteroatoms. The van der Waals surface area contributed by atoms with Gasteiger partial charge in [0.25, 0.3) is 5.91 Å². The lowest BCUT2D eigenvalue weighted by Crippen LogP contribution is -2.37. The van der Waals surface area contributed by atoms with Crippen LogP contribution in [0, 0.1) is 0 Å². The molecule has 0 aliphatic carbocycles. The molecule has 1 fully saturated rings. The van der Waals surface area contributed by atoms with Gasteiger partial charge in [0, 0.05) is 32.1 Å². The maximum Gasteiger partial charge on any atom is 0.251 e. The van der Waals surface area contributed by atoms with Crippen LogP contribution in [0.3, 0.4) is 0 Å². The lowest BCUT2D eigenvalue weighted by Gasteiger charge is -2.16. The van der Waals surface area contributed by atoms with Gasteiger partial charge in [-0.05, 0) is 24.1 Å². The van der Waals surface area contributed by atoms with E-state index in [1.165, 1.54) is 0 Å². The smallest absolute Gasteiger partial charge is 0.251 e. The molecular weight excluding hydrogens is 304 g/mol. The van der Waals surface area contributed by atoms with Crippen LogP contribution in [0.15, 0.2) is 36.8 Å². The van der Waals surface area contributed by atoms with Gasteiger partial charge in [-0.25, -0.2) is 4.98 Å². The van der Waals surface area contributed by atoms with E-state index < -0.39 is 0 Å². The highest BCUT2D eigenvalue weighted by atomic mass is 16.2. The molecule has 2 aromatic rings. The minimum Gasteiger partial charge on any atom is -0.347 e. The van der Waals surface area contributed by atoms with Crippen LogP contribution in [0.5, 0.6) is 0 Å². The van der Waals surface area contributed by atoms with Gasteiger partial charge in [-0.15, -0.1) is 0 Å². The number of imidazole rings is 1. The number of nitrogens with one attached hydrogen (secondary N) is 1. The Labute approximate surface area is 141 Å². The van der Waals surface area contributed by atoms with Gasteiger partial charge in [0.1, 0.15) is 0 Å². The van der Waals surface area contributed by atoms with Crippen molar-refractivity contribution in [3.05, 3.63) is 42.4 Å². The predicted molar refractivity (Wildman–Crippen MR) is 91.4 cm³/mol. The average Bonchev–Trinajstić information content (AvgIpc) is 3.14. The minimum absolute atomic E-state index is 0.103. The summed E-state index contributed by atoms with van der Waals surface area (Å²) in [6.07, 6.45) is 4.86. The third kappa shape index (κ3) is 3.32. The van der Waals surface area contributed by atoms with E-state index in [0.29, 0.717) is 18.5 Å². The second-order valence-electron chi connectivity index (χ2n) is 6.18. The number of benzene rings is 1. The molecule has 0 bridgehead atoms. The normalized spacial score (nSPS) is 17.3. The summed E-state index contributed by atoms with van der Waals surface area (Å²) in [6.45, 7) is 3.40. The Morgan fingerprint density at radius 1 is 1.33 bits per heavy atom. The van der Waals surface area contributed by atoms with Crippen molar-refractivity contribution in [2.24, 2.45) is 7.05 Å². The quantitative estimate of drug-likeness (QED) is 0.911. The largest absolute Gasteiger partial charge is 0.347 e. The zero-order chi connectivity index (χ0) is 17.1. The molecule has 1 N–H and O–H groups in total. The first kappa shape index (κ1) is 16.2. The molecule has 1 aromatic heterocycles. The Kier molecular flexibility index (Phi) is 4.64. The van der Waals surface area contributed by atoms with Crippen LogP contribution in [-0.2, 0) is 11.8 Å². The number of carbonyl (C=O) groups excluding carboxylic acids is 2. The van der Waals surface area contributed by atoms with Gasteiger partial charge in [0.2, 0.25) is 5.91 Å². The Hall–Kier alpha value is -2.63. The van der Waals surface area contributed by atoms with Gasteiger partial charge >= 0.3 is 0 Å². The Morgan fingerprint density at radius 2 is 2.08 bits per heavy atom. The highest BCUT2D eigenvalue weighted by Crippen LogP contribution is 2.19. The standard InChI is InChI=1S/C18H22N4O2/c1-3-8-22-11-15(9-17(22)23)20-18(24)14-6-4-13(5-7-14)16-10-19-12-21(16)2/h4-7,10,12,15H,3,8-9,11H2,1-2H3,(H,20,24)/t15-/m1/s1. The lowest BCUT2D eigenvalue weighted by atomic mass is 10.1.